The summed E-state index contributed by atoms with van der Waals surface area (Å²) in [6, 6.07) is 8.66. The number of nitrogens with zero attached hydrogens (tertiary/aromatic N) is 1. The average Bonchev–Trinajstić information content (AvgIpc) is 2.46. The quantitative estimate of drug-likeness (QED) is 0.587. The Labute approximate surface area is 71.5 Å². The number of hydrogen-bond donors (Lipinski definition) is 0. The van der Waals surface area contributed by atoms with Crippen molar-refractivity contribution in [2.24, 2.45) is 0 Å². The van der Waals surface area contributed by atoms with Gasteiger partial charge in [0.15, 0.2) is 0 Å². The van der Waals surface area contributed by atoms with Crippen molar-refractivity contribution in [3.8, 4) is 0 Å². The van der Waals surface area contributed by atoms with Gasteiger partial charge in [-0.15, -0.1) is 0 Å². The van der Waals surface area contributed by atoms with Gasteiger partial charge < -0.3 is 0 Å². The van der Waals surface area contributed by atoms with Crippen LogP contribution in [0.4, 0.5) is 0 Å². The lowest BCUT2D eigenvalue weighted by Gasteiger charge is -2.07. The molecule has 11 heavy (non-hydrogen) atoms. The summed E-state index contributed by atoms with van der Waals surface area (Å²) in [6.07, 6.45) is 2.13. The summed E-state index contributed by atoms with van der Waals surface area (Å²) in [5.74, 6) is 0. The van der Waals surface area contributed by atoms with Crippen LogP contribution < -0.4 is 0 Å². The van der Waals surface area contributed by atoms with Crippen LogP contribution in [0.2, 0.25) is 0 Å². The molecule has 0 spiro atoms. The van der Waals surface area contributed by atoms with Gasteiger partial charge in [0, 0.05) is 13.1 Å². The lowest BCUT2D eigenvalue weighted by Crippen LogP contribution is -2.03. The summed E-state index contributed by atoms with van der Waals surface area (Å²) in [5, 5.41) is 0. The summed E-state index contributed by atoms with van der Waals surface area (Å²) in [6.45, 7) is 2.22. The van der Waals surface area contributed by atoms with Gasteiger partial charge in [0.2, 0.25) is 0 Å². The van der Waals surface area contributed by atoms with E-state index < -0.39 is 0 Å². The molecule has 0 N–H and O–H groups in total. The van der Waals surface area contributed by atoms with Crippen LogP contribution in [0.3, 0.4) is 0 Å². The standard InChI is InChI=1S/C9H11NS/c1-11-10-6-8-4-2-3-5-9(8)7-10/h2-5H,6-7H2,1H3. The summed E-state index contributed by atoms with van der Waals surface area (Å²) < 4.78 is 2.37. The number of hydrogen-bond acceptors (Lipinski definition) is 2. The van der Waals surface area contributed by atoms with Crippen LogP contribution in [0.1, 0.15) is 11.1 Å². The maximum absolute atomic E-state index is 2.37. The zero-order valence-corrected chi connectivity index (χ0v) is 7.40. The largest absolute Gasteiger partial charge is 0.242 e. The topological polar surface area (TPSA) is 3.24 Å². The van der Waals surface area contributed by atoms with E-state index in [0.717, 1.165) is 13.1 Å². The highest BCUT2D eigenvalue weighted by molar-refractivity contribution is 7.96. The molecule has 0 saturated heterocycles. The fraction of sp³-hybridized carbons (Fsp3) is 0.333. The third-order valence-corrected chi connectivity index (χ3v) is 2.84. The highest BCUT2D eigenvalue weighted by atomic mass is 32.2. The Morgan fingerprint density at radius 2 is 1.73 bits per heavy atom. The molecule has 0 saturated carbocycles. The van der Waals surface area contributed by atoms with Gasteiger partial charge in [0.1, 0.15) is 0 Å². The lowest BCUT2D eigenvalue weighted by molar-refractivity contribution is 0.511. The molecule has 1 aromatic carbocycles. The molecule has 1 nitrogen and oxygen atoms in total. The highest BCUT2D eigenvalue weighted by Gasteiger charge is 2.16. The minimum absolute atomic E-state index is 1.11. The average molecular weight is 165 g/mol. The van der Waals surface area contributed by atoms with Crippen LogP contribution >= 0.6 is 11.9 Å². The lowest BCUT2D eigenvalue weighted by atomic mass is 10.1. The number of rotatable bonds is 1. The monoisotopic (exact) mass is 165 g/mol. The second-order valence-electron chi connectivity index (χ2n) is 2.75. The van der Waals surface area contributed by atoms with Gasteiger partial charge in [-0.1, -0.05) is 36.2 Å². The first-order chi connectivity index (χ1) is 5.40. The molecule has 1 aliphatic rings. The molecule has 2 heteroatoms. The molecule has 58 valence electrons. The van der Waals surface area contributed by atoms with Crippen LogP contribution in [0.5, 0.6) is 0 Å². The van der Waals surface area contributed by atoms with Gasteiger partial charge in [0.25, 0.3) is 0 Å². The SMILES string of the molecule is CSN1Cc2ccccc2C1. The molecule has 1 heterocycles. The first kappa shape index (κ1) is 7.19. The fourth-order valence-corrected chi connectivity index (χ4v) is 1.97. The highest BCUT2D eigenvalue weighted by Crippen LogP contribution is 2.26. The Hall–Kier alpha value is -0.470. The van der Waals surface area contributed by atoms with Gasteiger partial charge in [-0.25, -0.2) is 4.31 Å². The predicted molar refractivity (Wildman–Crippen MR) is 49.2 cm³/mol. The molecule has 0 radical (unpaired) electrons. The van der Waals surface area contributed by atoms with Crippen molar-refractivity contribution in [3.05, 3.63) is 35.4 Å². The van der Waals surface area contributed by atoms with Gasteiger partial charge in [0.05, 0.1) is 0 Å². The summed E-state index contributed by atoms with van der Waals surface area (Å²) >= 11 is 1.82. The summed E-state index contributed by atoms with van der Waals surface area (Å²) in [5.41, 5.74) is 2.98. The van der Waals surface area contributed by atoms with Gasteiger partial charge >= 0.3 is 0 Å². The van der Waals surface area contributed by atoms with E-state index in [4.69, 9.17) is 0 Å². The normalized spacial score (nSPS) is 16.8. The van der Waals surface area contributed by atoms with E-state index in [1.807, 2.05) is 11.9 Å². The molecule has 0 aromatic heterocycles. The third-order valence-electron chi connectivity index (χ3n) is 2.07. The van der Waals surface area contributed by atoms with Crippen molar-refractivity contribution < 1.29 is 0 Å². The van der Waals surface area contributed by atoms with Crippen molar-refractivity contribution in [2.75, 3.05) is 6.26 Å². The van der Waals surface area contributed by atoms with Crippen LogP contribution in [0.25, 0.3) is 0 Å². The Kier molecular flexibility index (Phi) is 1.88. The zero-order chi connectivity index (χ0) is 7.68. The summed E-state index contributed by atoms with van der Waals surface area (Å²) in [7, 11) is 0. The van der Waals surface area contributed by atoms with Crippen LogP contribution in [-0.2, 0) is 13.1 Å². The van der Waals surface area contributed by atoms with E-state index in [1.54, 1.807) is 0 Å². The Morgan fingerprint density at radius 3 is 2.18 bits per heavy atom. The smallest absolute Gasteiger partial charge is 0.0347 e. The fourth-order valence-electron chi connectivity index (χ4n) is 1.43. The van der Waals surface area contributed by atoms with Gasteiger partial charge in [-0.2, -0.15) is 0 Å². The van der Waals surface area contributed by atoms with Crippen molar-refractivity contribution in [3.63, 3.8) is 0 Å². The van der Waals surface area contributed by atoms with E-state index in [-0.39, 0.29) is 0 Å². The van der Waals surface area contributed by atoms with Crippen LogP contribution in [-0.4, -0.2) is 10.6 Å². The molecule has 1 aliphatic heterocycles. The molecule has 1 aromatic rings. The van der Waals surface area contributed by atoms with E-state index in [9.17, 15) is 0 Å². The van der Waals surface area contributed by atoms with Crippen LogP contribution in [0, 0.1) is 0 Å². The van der Waals surface area contributed by atoms with Crippen molar-refractivity contribution >= 4 is 11.9 Å². The third kappa shape index (κ3) is 1.28. The van der Waals surface area contributed by atoms with E-state index in [2.05, 4.69) is 34.8 Å². The minimum Gasteiger partial charge on any atom is -0.242 e. The first-order valence-corrected chi connectivity index (χ1v) is 4.94. The molecule has 0 unspecified atom stereocenters. The molecular formula is C9H11NS. The molecule has 0 amide bonds. The Bertz CT molecular complexity index is 234. The molecule has 0 bridgehead atoms. The minimum atomic E-state index is 1.11. The molecule has 0 aliphatic carbocycles. The Morgan fingerprint density at radius 1 is 1.18 bits per heavy atom. The van der Waals surface area contributed by atoms with Gasteiger partial charge in [-0.3, -0.25) is 0 Å². The van der Waals surface area contributed by atoms with Crippen LogP contribution in [0.15, 0.2) is 24.3 Å². The predicted octanol–water partition coefficient (Wildman–Crippen LogP) is 2.28. The van der Waals surface area contributed by atoms with Crippen molar-refractivity contribution in [2.45, 2.75) is 13.1 Å². The van der Waals surface area contributed by atoms with E-state index in [1.165, 1.54) is 11.1 Å². The maximum atomic E-state index is 2.37. The van der Waals surface area contributed by atoms with Gasteiger partial charge in [-0.05, 0) is 17.4 Å². The molecule has 2 rings (SSSR count). The van der Waals surface area contributed by atoms with Crippen molar-refractivity contribution in [1.82, 2.24) is 4.31 Å². The summed E-state index contributed by atoms with van der Waals surface area (Å²) in [4.78, 5) is 0. The molecule has 0 atom stereocenters. The molecular weight excluding hydrogens is 154 g/mol. The zero-order valence-electron chi connectivity index (χ0n) is 6.58. The number of benzene rings is 1. The van der Waals surface area contributed by atoms with E-state index >= 15 is 0 Å². The first-order valence-electron chi connectivity index (χ1n) is 3.76. The van der Waals surface area contributed by atoms with Crippen molar-refractivity contribution in [1.29, 1.82) is 0 Å². The second kappa shape index (κ2) is 2.88. The molecule has 0 fully saturated rings. The van der Waals surface area contributed by atoms with E-state index in [0.29, 0.717) is 0 Å². The Balaban J connectivity index is 2.27. The number of fused-ring (bicyclic) bond motifs is 1. The second-order valence-corrected chi connectivity index (χ2v) is 3.63. The maximum Gasteiger partial charge on any atom is 0.0347 e.